The van der Waals surface area contributed by atoms with E-state index in [9.17, 15) is 9.59 Å². The van der Waals surface area contributed by atoms with E-state index in [1.807, 2.05) is 12.1 Å². The molecular weight excluding hydrogens is 318 g/mol. The van der Waals surface area contributed by atoms with Crippen molar-refractivity contribution < 1.29 is 14.3 Å². The van der Waals surface area contributed by atoms with E-state index >= 15 is 0 Å². The van der Waals surface area contributed by atoms with Crippen molar-refractivity contribution in [2.24, 2.45) is 17.4 Å². The Morgan fingerprint density at radius 2 is 2.09 bits per heavy atom. The number of halogens is 1. The molecule has 0 bridgehead atoms. The number of ether oxygens (including phenoxy) is 1. The van der Waals surface area contributed by atoms with Gasteiger partial charge in [0.25, 0.3) is 5.91 Å². The second-order valence-corrected chi connectivity index (χ2v) is 5.74. The molecule has 1 aromatic carbocycles. The van der Waals surface area contributed by atoms with Crippen LogP contribution in [0, 0.1) is 5.92 Å². The van der Waals surface area contributed by atoms with Gasteiger partial charge in [-0.05, 0) is 37.0 Å². The number of hydrogen-bond acceptors (Lipinski definition) is 4. The minimum absolute atomic E-state index is 0. The van der Waals surface area contributed by atoms with Crippen molar-refractivity contribution in [2.75, 3.05) is 6.61 Å². The van der Waals surface area contributed by atoms with Crippen LogP contribution in [0.3, 0.4) is 0 Å². The summed E-state index contributed by atoms with van der Waals surface area (Å²) >= 11 is 0. The lowest BCUT2D eigenvalue weighted by Crippen LogP contribution is -2.37. The van der Waals surface area contributed by atoms with Crippen molar-refractivity contribution in [1.29, 1.82) is 0 Å². The minimum atomic E-state index is -0.521. The first-order chi connectivity index (χ1) is 10.5. The fraction of sp³-hybridized carbons (Fsp3) is 0.500. The first-order valence-corrected chi connectivity index (χ1v) is 7.58. The van der Waals surface area contributed by atoms with Gasteiger partial charge in [0.15, 0.2) is 6.61 Å². The summed E-state index contributed by atoms with van der Waals surface area (Å²) in [5.74, 6) is 0.106. The van der Waals surface area contributed by atoms with Crippen LogP contribution < -0.4 is 21.5 Å². The molecule has 5 N–H and O–H groups in total. The van der Waals surface area contributed by atoms with Crippen molar-refractivity contribution in [3.8, 4) is 5.75 Å². The van der Waals surface area contributed by atoms with E-state index < -0.39 is 5.91 Å². The fourth-order valence-corrected chi connectivity index (χ4v) is 2.70. The Balaban J connectivity index is 0.00000264. The van der Waals surface area contributed by atoms with Crippen LogP contribution in [0.1, 0.15) is 31.2 Å². The van der Waals surface area contributed by atoms with Crippen LogP contribution in [0.15, 0.2) is 24.3 Å². The lowest BCUT2D eigenvalue weighted by molar-refractivity contribution is -0.126. The molecule has 6 nitrogen and oxygen atoms in total. The largest absolute Gasteiger partial charge is 0.484 e. The van der Waals surface area contributed by atoms with Gasteiger partial charge in [0, 0.05) is 18.5 Å². The van der Waals surface area contributed by atoms with Crippen LogP contribution in [0.25, 0.3) is 0 Å². The highest BCUT2D eigenvalue weighted by atomic mass is 35.5. The van der Waals surface area contributed by atoms with Gasteiger partial charge in [-0.25, -0.2) is 0 Å². The maximum absolute atomic E-state index is 12.2. The van der Waals surface area contributed by atoms with Gasteiger partial charge in [0.05, 0.1) is 0 Å². The van der Waals surface area contributed by atoms with Gasteiger partial charge in [-0.3, -0.25) is 9.59 Å². The number of rotatable bonds is 6. The van der Waals surface area contributed by atoms with Crippen molar-refractivity contribution in [3.05, 3.63) is 29.8 Å². The summed E-state index contributed by atoms with van der Waals surface area (Å²) in [6.07, 6.45) is 3.67. The van der Waals surface area contributed by atoms with Crippen molar-refractivity contribution in [3.63, 3.8) is 0 Å². The van der Waals surface area contributed by atoms with Crippen molar-refractivity contribution in [2.45, 2.75) is 38.3 Å². The van der Waals surface area contributed by atoms with Crippen LogP contribution in [-0.2, 0) is 16.1 Å². The Bertz CT molecular complexity index is 539. The Hall–Kier alpha value is -1.79. The number of primary amides is 1. The highest BCUT2D eigenvalue weighted by molar-refractivity contribution is 5.85. The molecule has 23 heavy (non-hydrogen) atoms. The number of amides is 2. The van der Waals surface area contributed by atoms with E-state index in [-0.39, 0.29) is 36.9 Å². The number of nitrogens with two attached hydrogens (primary N) is 2. The number of nitrogens with one attached hydrogen (secondary N) is 1. The lowest BCUT2D eigenvalue weighted by Gasteiger charge is -2.25. The van der Waals surface area contributed by atoms with Gasteiger partial charge >= 0.3 is 0 Å². The van der Waals surface area contributed by atoms with Gasteiger partial charge in [0.2, 0.25) is 5.91 Å². The Morgan fingerprint density at radius 3 is 2.78 bits per heavy atom. The standard InChI is InChI=1S/C16H23N3O3.ClH/c17-13-5-2-4-12(8-13)16(21)19-9-11-3-1-6-14(7-11)22-10-15(18)20;/h1,3,6-7,12-13H,2,4-5,8-10,17H2,(H2,18,20)(H,19,21);1H. The molecule has 1 saturated carbocycles. The summed E-state index contributed by atoms with van der Waals surface area (Å²) in [7, 11) is 0. The third kappa shape index (κ3) is 6.46. The van der Waals surface area contributed by atoms with Crippen LogP contribution >= 0.6 is 12.4 Å². The number of hydrogen-bond donors (Lipinski definition) is 3. The minimum Gasteiger partial charge on any atom is -0.484 e. The van der Waals surface area contributed by atoms with Crippen LogP contribution in [0.2, 0.25) is 0 Å². The summed E-state index contributed by atoms with van der Waals surface area (Å²) in [6.45, 7) is 0.272. The molecule has 1 aliphatic carbocycles. The van der Waals surface area contributed by atoms with E-state index in [0.717, 1.165) is 31.2 Å². The zero-order valence-corrected chi connectivity index (χ0v) is 13.8. The highest BCUT2D eigenvalue weighted by Gasteiger charge is 2.24. The van der Waals surface area contributed by atoms with E-state index in [1.54, 1.807) is 12.1 Å². The van der Waals surface area contributed by atoms with E-state index in [2.05, 4.69) is 5.32 Å². The molecule has 2 amide bonds. The molecule has 0 aromatic heterocycles. The molecule has 7 heteroatoms. The molecule has 0 radical (unpaired) electrons. The van der Waals surface area contributed by atoms with Crippen molar-refractivity contribution >= 4 is 24.2 Å². The van der Waals surface area contributed by atoms with Gasteiger partial charge in [-0.15, -0.1) is 12.4 Å². The van der Waals surface area contributed by atoms with E-state index in [4.69, 9.17) is 16.2 Å². The number of carbonyl (C=O) groups excluding carboxylic acids is 2. The number of benzene rings is 1. The zero-order chi connectivity index (χ0) is 15.9. The zero-order valence-electron chi connectivity index (χ0n) is 13.0. The Morgan fingerprint density at radius 1 is 1.30 bits per heavy atom. The molecule has 0 spiro atoms. The van der Waals surface area contributed by atoms with Crippen molar-refractivity contribution in [1.82, 2.24) is 5.32 Å². The molecule has 2 atom stereocenters. The summed E-state index contributed by atoms with van der Waals surface area (Å²) in [5.41, 5.74) is 11.9. The van der Waals surface area contributed by atoms with Crippen LogP contribution in [-0.4, -0.2) is 24.5 Å². The molecule has 0 saturated heterocycles. The van der Waals surface area contributed by atoms with Crippen LogP contribution in [0.5, 0.6) is 5.75 Å². The molecule has 2 unspecified atom stereocenters. The normalized spacial score (nSPS) is 20.2. The Labute approximate surface area is 142 Å². The van der Waals surface area contributed by atoms with Gasteiger partial charge < -0.3 is 21.5 Å². The predicted molar refractivity (Wildman–Crippen MR) is 90.2 cm³/mol. The van der Waals surface area contributed by atoms with Gasteiger partial charge in [-0.2, -0.15) is 0 Å². The summed E-state index contributed by atoms with van der Waals surface area (Å²) in [5, 5.41) is 2.94. The van der Waals surface area contributed by atoms with E-state index in [0.29, 0.717) is 12.3 Å². The molecule has 1 aromatic rings. The van der Waals surface area contributed by atoms with Gasteiger partial charge in [-0.1, -0.05) is 18.6 Å². The first-order valence-electron chi connectivity index (χ1n) is 7.58. The molecule has 128 valence electrons. The smallest absolute Gasteiger partial charge is 0.255 e. The molecule has 1 fully saturated rings. The SMILES string of the molecule is Cl.NC(=O)COc1cccc(CNC(=O)C2CCCC(N)C2)c1. The predicted octanol–water partition coefficient (Wildman–Crippen LogP) is 1.11. The third-order valence-electron chi connectivity index (χ3n) is 3.83. The molecule has 0 aliphatic heterocycles. The molecule has 1 aliphatic rings. The topological polar surface area (TPSA) is 107 Å². The summed E-state index contributed by atoms with van der Waals surface area (Å²) < 4.78 is 5.24. The molecular formula is C16H24ClN3O3. The Kier molecular flexibility index (Phi) is 7.85. The van der Waals surface area contributed by atoms with E-state index in [1.165, 1.54) is 0 Å². The summed E-state index contributed by atoms with van der Waals surface area (Å²) in [6, 6.07) is 7.37. The second-order valence-electron chi connectivity index (χ2n) is 5.74. The average molecular weight is 342 g/mol. The third-order valence-corrected chi connectivity index (χ3v) is 3.83. The van der Waals surface area contributed by atoms with Gasteiger partial charge in [0.1, 0.15) is 5.75 Å². The van der Waals surface area contributed by atoms with Crippen LogP contribution in [0.4, 0.5) is 0 Å². The lowest BCUT2D eigenvalue weighted by atomic mass is 9.85. The molecule has 2 rings (SSSR count). The molecule has 0 heterocycles. The number of carbonyl (C=O) groups is 2. The summed E-state index contributed by atoms with van der Waals surface area (Å²) in [4.78, 5) is 22.9. The maximum atomic E-state index is 12.2. The second kappa shape index (κ2) is 9.37. The maximum Gasteiger partial charge on any atom is 0.255 e. The highest BCUT2D eigenvalue weighted by Crippen LogP contribution is 2.23. The average Bonchev–Trinajstić information content (AvgIpc) is 2.51. The first kappa shape index (κ1) is 19.3. The monoisotopic (exact) mass is 341 g/mol. The fourth-order valence-electron chi connectivity index (χ4n) is 2.70. The quantitative estimate of drug-likeness (QED) is 0.720.